The molecule has 0 aliphatic carbocycles. The van der Waals surface area contributed by atoms with Gasteiger partial charge in [0.05, 0.1) is 22.8 Å². The zero-order valence-corrected chi connectivity index (χ0v) is 8.12. The maximum absolute atomic E-state index is 11.4. The highest BCUT2D eigenvalue weighted by atomic mass is 32.2. The Labute approximate surface area is 79.5 Å². The van der Waals surface area contributed by atoms with Gasteiger partial charge < -0.3 is 5.21 Å². The molecule has 0 radical (unpaired) electrons. The number of benzene rings is 1. The van der Waals surface area contributed by atoms with Crippen molar-refractivity contribution in [3.05, 3.63) is 29.8 Å². The standard InChI is InChI=1S/C9H11NO2S/c1-8-2-4-9(5-3-8)13(12)7-6-10-11/h2-6,11H,7H2,1H3/b10-6+. The zero-order valence-electron chi connectivity index (χ0n) is 7.30. The number of hydrogen-bond acceptors (Lipinski definition) is 3. The lowest BCUT2D eigenvalue weighted by atomic mass is 10.2. The molecule has 0 bridgehead atoms. The number of oxime groups is 1. The lowest BCUT2D eigenvalue weighted by Crippen LogP contribution is -1.98. The van der Waals surface area contributed by atoms with Gasteiger partial charge in [-0.15, -0.1) is 5.16 Å². The first-order valence-electron chi connectivity index (χ1n) is 3.85. The summed E-state index contributed by atoms with van der Waals surface area (Å²) in [6, 6.07) is 7.44. The molecule has 1 atom stereocenters. The van der Waals surface area contributed by atoms with Crippen molar-refractivity contribution in [1.29, 1.82) is 0 Å². The summed E-state index contributed by atoms with van der Waals surface area (Å²) < 4.78 is 11.4. The van der Waals surface area contributed by atoms with Crippen LogP contribution in [0.2, 0.25) is 0 Å². The van der Waals surface area contributed by atoms with Crippen LogP contribution in [0.4, 0.5) is 0 Å². The topological polar surface area (TPSA) is 49.7 Å². The molecule has 70 valence electrons. The van der Waals surface area contributed by atoms with Crippen LogP contribution in [0.25, 0.3) is 0 Å². The quantitative estimate of drug-likeness (QED) is 0.454. The van der Waals surface area contributed by atoms with E-state index in [-0.39, 0.29) is 5.75 Å². The van der Waals surface area contributed by atoms with Crippen LogP contribution in [0, 0.1) is 6.92 Å². The molecule has 1 aromatic rings. The minimum absolute atomic E-state index is 0.250. The molecule has 1 aromatic carbocycles. The minimum atomic E-state index is -1.10. The van der Waals surface area contributed by atoms with Gasteiger partial charge in [-0.2, -0.15) is 0 Å². The number of nitrogens with zero attached hydrogens (tertiary/aromatic N) is 1. The van der Waals surface area contributed by atoms with E-state index in [1.54, 1.807) is 0 Å². The van der Waals surface area contributed by atoms with Crippen LogP contribution in [-0.2, 0) is 10.8 Å². The van der Waals surface area contributed by atoms with E-state index >= 15 is 0 Å². The predicted molar refractivity (Wildman–Crippen MR) is 52.7 cm³/mol. The number of rotatable bonds is 3. The summed E-state index contributed by atoms with van der Waals surface area (Å²) in [5.41, 5.74) is 1.14. The van der Waals surface area contributed by atoms with Crippen LogP contribution in [0.15, 0.2) is 34.3 Å². The molecule has 0 heterocycles. The molecular weight excluding hydrogens is 186 g/mol. The Kier molecular flexibility index (Phi) is 3.64. The summed E-state index contributed by atoms with van der Waals surface area (Å²) in [5.74, 6) is 0.250. The molecule has 0 spiro atoms. The third kappa shape index (κ3) is 2.99. The molecule has 0 aromatic heterocycles. The molecule has 0 saturated carbocycles. The second-order valence-corrected chi connectivity index (χ2v) is 4.12. The molecule has 0 fully saturated rings. The van der Waals surface area contributed by atoms with Gasteiger partial charge in [0.15, 0.2) is 0 Å². The van der Waals surface area contributed by atoms with E-state index in [1.807, 2.05) is 31.2 Å². The summed E-state index contributed by atoms with van der Waals surface area (Å²) in [6.07, 6.45) is 1.23. The Hall–Kier alpha value is -1.16. The number of aryl methyl sites for hydroxylation is 1. The molecule has 0 aliphatic rings. The first-order valence-corrected chi connectivity index (χ1v) is 5.17. The Morgan fingerprint density at radius 3 is 2.62 bits per heavy atom. The lowest BCUT2D eigenvalue weighted by molar-refractivity contribution is 0.321. The monoisotopic (exact) mass is 197 g/mol. The van der Waals surface area contributed by atoms with Crippen molar-refractivity contribution in [1.82, 2.24) is 0 Å². The molecule has 13 heavy (non-hydrogen) atoms. The fourth-order valence-electron chi connectivity index (χ4n) is 0.887. The van der Waals surface area contributed by atoms with E-state index in [0.717, 1.165) is 10.5 Å². The van der Waals surface area contributed by atoms with Crippen LogP contribution < -0.4 is 0 Å². The zero-order chi connectivity index (χ0) is 9.68. The Balaban J connectivity index is 2.72. The van der Waals surface area contributed by atoms with Gasteiger partial charge in [-0.25, -0.2) is 0 Å². The number of hydrogen-bond donors (Lipinski definition) is 1. The van der Waals surface area contributed by atoms with E-state index in [2.05, 4.69) is 5.16 Å². The van der Waals surface area contributed by atoms with Crippen molar-refractivity contribution in [2.75, 3.05) is 5.75 Å². The maximum atomic E-state index is 11.4. The Morgan fingerprint density at radius 1 is 1.46 bits per heavy atom. The highest BCUT2D eigenvalue weighted by Gasteiger charge is 2.00. The smallest absolute Gasteiger partial charge is 0.0669 e. The molecule has 1 unspecified atom stereocenters. The third-order valence-corrected chi connectivity index (χ3v) is 2.84. The van der Waals surface area contributed by atoms with Gasteiger partial charge in [0.2, 0.25) is 0 Å². The molecule has 0 saturated heterocycles. The largest absolute Gasteiger partial charge is 0.411 e. The fourth-order valence-corrected chi connectivity index (χ4v) is 1.72. The molecular formula is C9H11NO2S. The van der Waals surface area contributed by atoms with Gasteiger partial charge in [-0.1, -0.05) is 17.7 Å². The van der Waals surface area contributed by atoms with Gasteiger partial charge in [-0.3, -0.25) is 4.21 Å². The summed E-state index contributed by atoms with van der Waals surface area (Å²) in [7, 11) is -1.10. The van der Waals surface area contributed by atoms with Crippen LogP contribution in [-0.4, -0.2) is 21.4 Å². The molecule has 0 aliphatic heterocycles. The van der Waals surface area contributed by atoms with Crippen molar-refractivity contribution in [2.24, 2.45) is 5.16 Å². The van der Waals surface area contributed by atoms with Crippen molar-refractivity contribution in [3.63, 3.8) is 0 Å². The molecule has 3 nitrogen and oxygen atoms in total. The summed E-state index contributed by atoms with van der Waals surface area (Å²) in [4.78, 5) is 0.755. The minimum Gasteiger partial charge on any atom is -0.411 e. The van der Waals surface area contributed by atoms with E-state index in [4.69, 9.17) is 5.21 Å². The van der Waals surface area contributed by atoms with E-state index in [1.165, 1.54) is 6.21 Å². The SMILES string of the molecule is Cc1ccc(S(=O)C/C=N/O)cc1. The Morgan fingerprint density at radius 2 is 2.08 bits per heavy atom. The highest BCUT2D eigenvalue weighted by Crippen LogP contribution is 2.07. The fraction of sp³-hybridized carbons (Fsp3) is 0.222. The van der Waals surface area contributed by atoms with Crippen molar-refractivity contribution >= 4 is 17.0 Å². The van der Waals surface area contributed by atoms with Gasteiger partial charge >= 0.3 is 0 Å². The van der Waals surface area contributed by atoms with Crippen molar-refractivity contribution in [2.45, 2.75) is 11.8 Å². The first-order chi connectivity index (χ1) is 6.24. The maximum Gasteiger partial charge on any atom is 0.0669 e. The normalized spacial score (nSPS) is 13.3. The first kappa shape index (κ1) is 9.92. The molecule has 0 amide bonds. The van der Waals surface area contributed by atoms with Gasteiger partial charge in [0.25, 0.3) is 0 Å². The average molecular weight is 197 g/mol. The summed E-state index contributed by atoms with van der Waals surface area (Å²) in [6.45, 7) is 1.97. The van der Waals surface area contributed by atoms with Gasteiger partial charge in [-0.05, 0) is 19.1 Å². The second kappa shape index (κ2) is 4.77. The molecule has 1 rings (SSSR count). The third-order valence-electron chi connectivity index (χ3n) is 1.59. The van der Waals surface area contributed by atoms with Crippen LogP contribution in [0.5, 0.6) is 0 Å². The van der Waals surface area contributed by atoms with Gasteiger partial charge in [0.1, 0.15) is 0 Å². The molecule has 4 heteroatoms. The highest BCUT2D eigenvalue weighted by molar-refractivity contribution is 7.85. The lowest BCUT2D eigenvalue weighted by Gasteiger charge is -1.98. The summed E-state index contributed by atoms with van der Waals surface area (Å²) >= 11 is 0. The Bertz CT molecular complexity index is 319. The van der Waals surface area contributed by atoms with Crippen molar-refractivity contribution < 1.29 is 9.42 Å². The van der Waals surface area contributed by atoms with Crippen LogP contribution in [0.1, 0.15) is 5.56 Å². The predicted octanol–water partition coefficient (Wildman–Crippen LogP) is 1.56. The van der Waals surface area contributed by atoms with Crippen LogP contribution in [0.3, 0.4) is 0 Å². The van der Waals surface area contributed by atoms with Crippen molar-refractivity contribution in [3.8, 4) is 0 Å². The average Bonchev–Trinajstić information content (AvgIpc) is 2.15. The van der Waals surface area contributed by atoms with Crippen LogP contribution >= 0.6 is 0 Å². The van der Waals surface area contributed by atoms with E-state index in [9.17, 15) is 4.21 Å². The molecule has 1 N–H and O–H groups in total. The van der Waals surface area contributed by atoms with E-state index < -0.39 is 10.8 Å². The second-order valence-electron chi connectivity index (χ2n) is 2.62. The summed E-state index contributed by atoms with van der Waals surface area (Å²) in [5, 5.41) is 10.9. The van der Waals surface area contributed by atoms with Gasteiger partial charge in [0, 0.05) is 4.90 Å². The van der Waals surface area contributed by atoms with E-state index in [0.29, 0.717) is 0 Å².